The predicted molar refractivity (Wildman–Crippen MR) is 65.6 cm³/mol. The minimum atomic E-state index is -0.172. The van der Waals surface area contributed by atoms with Gasteiger partial charge in [-0.2, -0.15) is 0 Å². The van der Waals surface area contributed by atoms with Crippen LogP contribution in [-0.4, -0.2) is 37.3 Å². The predicted octanol–water partition coefficient (Wildman–Crippen LogP) is 1.99. The first-order valence-corrected chi connectivity index (χ1v) is 5.61. The van der Waals surface area contributed by atoms with Gasteiger partial charge in [0.15, 0.2) is 6.29 Å². The highest BCUT2D eigenvalue weighted by molar-refractivity contribution is 6.03. The molecule has 0 aromatic heterocycles. The van der Waals surface area contributed by atoms with Crippen LogP contribution in [0.5, 0.6) is 5.75 Å². The summed E-state index contributed by atoms with van der Waals surface area (Å²) in [5.41, 5.74) is 0.704. The number of carbonyl (C=O) groups is 2. The standard InChI is InChI=1S/C13H17NO3/c1-4-14(5-2)13(16)12-10(9-15)7-6-8-11(12)17-3/h6-9H,4-5H2,1-3H3. The molecule has 0 aliphatic heterocycles. The van der Waals surface area contributed by atoms with Crippen LogP contribution in [0.4, 0.5) is 0 Å². The second kappa shape index (κ2) is 6.03. The normalized spacial score (nSPS) is 9.82. The van der Waals surface area contributed by atoms with Crippen molar-refractivity contribution in [2.24, 2.45) is 0 Å². The van der Waals surface area contributed by atoms with Gasteiger partial charge in [0, 0.05) is 18.7 Å². The topological polar surface area (TPSA) is 46.6 Å². The zero-order chi connectivity index (χ0) is 12.8. The maximum Gasteiger partial charge on any atom is 0.258 e. The van der Waals surface area contributed by atoms with E-state index in [1.54, 1.807) is 23.1 Å². The van der Waals surface area contributed by atoms with Gasteiger partial charge in [-0.3, -0.25) is 9.59 Å². The van der Waals surface area contributed by atoms with Gasteiger partial charge in [-0.15, -0.1) is 0 Å². The number of nitrogens with zero attached hydrogens (tertiary/aromatic N) is 1. The largest absolute Gasteiger partial charge is 0.496 e. The van der Waals surface area contributed by atoms with Crippen LogP contribution in [0.15, 0.2) is 18.2 Å². The van der Waals surface area contributed by atoms with Gasteiger partial charge in [-0.05, 0) is 19.9 Å². The summed E-state index contributed by atoms with van der Waals surface area (Å²) in [5.74, 6) is 0.265. The molecule has 4 nitrogen and oxygen atoms in total. The number of carbonyl (C=O) groups excluding carboxylic acids is 2. The van der Waals surface area contributed by atoms with Crippen molar-refractivity contribution in [3.63, 3.8) is 0 Å². The van der Waals surface area contributed by atoms with Crippen molar-refractivity contribution in [1.29, 1.82) is 0 Å². The number of methoxy groups -OCH3 is 1. The third-order valence-corrected chi connectivity index (χ3v) is 2.67. The lowest BCUT2D eigenvalue weighted by atomic mass is 10.1. The summed E-state index contributed by atoms with van der Waals surface area (Å²) in [6.45, 7) is 5.01. The second-order valence-electron chi connectivity index (χ2n) is 3.52. The van der Waals surface area contributed by atoms with Crippen LogP contribution in [0, 0.1) is 0 Å². The molecule has 17 heavy (non-hydrogen) atoms. The van der Waals surface area contributed by atoms with E-state index in [-0.39, 0.29) is 5.91 Å². The molecule has 0 saturated carbocycles. The lowest BCUT2D eigenvalue weighted by molar-refractivity contribution is 0.0766. The average molecular weight is 235 g/mol. The molecular weight excluding hydrogens is 218 g/mol. The molecule has 0 bridgehead atoms. The molecule has 0 atom stereocenters. The van der Waals surface area contributed by atoms with Crippen molar-refractivity contribution >= 4 is 12.2 Å². The second-order valence-corrected chi connectivity index (χ2v) is 3.52. The van der Waals surface area contributed by atoms with E-state index in [0.717, 1.165) is 0 Å². The summed E-state index contributed by atoms with van der Waals surface area (Å²) in [4.78, 5) is 24.9. The SMILES string of the molecule is CCN(CC)C(=O)c1c(C=O)cccc1OC. The highest BCUT2D eigenvalue weighted by Gasteiger charge is 2.20. The van der Waals surface area contributed by atoms with Gasteiger partial charge in [-0.25, -0.2) is 0 Å². The van der Waals surface area contributed by atoms with Gasteiger partial charge < -0.3 is 9.64 Å². The monoisotopic (exact) mass is 235 g/mol. The van der Waals surface area contributed by atoms with E-state index in [9.17, 15) is 9.59 Å². The van der Waals surface area contributed by atoms with Gasteiger partial charge in [0.05, 0.1) is 12.7 Å². The number of rotatable bonds is 5. The maximum absolute atomic E-state index is 12.3. The summed E-state index contributed by atoms with van der Waals surface area (Å²) in [6.07, 6.45) is 0.680. The molecule has 1 rings (SSSR count). The molecule has 0 radical (unpaired) electrons. The van der Waals surface area contributed by atoms with Crippen molar-refractivity contribution in [3.05, 3.63) is 29.3 Å². The fourth-order valence-electron chi connectivity index (χ4n) is 1.71. The molecule has 92 valence electrons. The van der Waals surface area contributed by atoms with Crippen LogP contribution in [0.25, 0.3) is 0 Å². The summed E-state index contributed by atoms with van der Waals surface area (Å²) in [7, 11) is 1.49. The van der Waals surface area contributed by atoms with E-state index < -0.39 is 0 Å². The quantitative estimate of drug-likeness (QED) is 0.733. The number of aldehydes is 1. The van der Waals surface area contributed by atoms with Crippen molar-refractivity contribution in [3.8, 4) is 5.75 Å². The molecule has 4 heteroatoms. The number of hydrogen-bond acceptors (Lipinski definition) is 3. The van der Waals surface area contributed by atoms with Crippen LogP contribution in [0.3, 0.4) is 0 Å². The van der Waals surface area contributed by atoms with Gasteiger partial charge in [-0.1, -0.05) is 12.1 Å². The smallest absolute Gasteiger partial charge is 0.258 e. The molecule has 0 unspecified atom stereocenters. The molecule has 0 saturated heterocycles. The molecule has 0 N–H and O–H groups in total. The van der Waals surface area contributed by atoms with Crippen LogP contribution in [0.2, 0.25) is 0 Å². The third kappa shape index (κ3) is 2.64. The lowest BCUT2D eigenvalue weighted by Gasteiger charge is -2.20. The molecule has 1 amide bonds. The van der Waals surface area contributed by atoms with E-state index in [4.69, 9.17) is 4.74 Å². The Bertz CT molecular complexity index is 411. The highest BCUT2D eigenvalue weighted by atomic mass is 16.5. The first kappa shape index (κ1) is 13.2. The highest BCUT2D eigenvalue weighted by Crippen LogP contribution is 2.22. The number of benzene rings is 1. The van der Waals surface area contributed by atoms with Gasteiger partial charge in [0.1, 0.15) is 5.75 Å². The third-order valence-electron chi connectivity index (χ3n) is 2.67. The molecule has 0 spiro atoms. The van der Waals surface area contributed by atoms with Crippen LogP contribution >= 0.6 is 0 Å². The van der Waals surface area contributed by atoms with Crippen molar-refractivity contribution < 1.29 is 14.3 Å². The number of amides is 1. The van der Waals surface area contributed by atoms with Crippen LogP contribution < -0.4 is 4.74 Å². The summed E-state index contributed by atoms with van der Waals surface area (Å²) in [6, 6.07) is 5.00. The maximum atomic E-state index is 12.3. The average Bonchev–Trinajstić information content (AvgIpc) is 2.38. The Kier molecular flexibility index (Phi) is 4.69. The Morgan fingerprint density at radius 1 is 1.35 bits per heavy atom. The first-order chi connectivity index (χ1) is 8.19. The molecule has 0 aliphatic rings. The Hall–Kier alpha value is -1.84. The minimum Gasteiger partial charge on any atom is -0.496 e. The zero-order valence-electron chi connectivity index (χ0n) is 10.4. The van der Waals surface area contributed by atoms with Crippen molar-refractivity contribution in [2.45, 2.75) is 13.8 Å². The molecule has 0 heterocycles. The lowest BCUT2D eigenvalue weighted by Crippen LogP contribution is -2.31. The first-order valence-electron chi connectivity index (χ1n) is 5.61. The molecule has 1 aromatic rings. The Morgan fingerprint density at radius 2 is 2.00 bits per heavy atom. The van der Waals surface area contributed by atoms with Gasteiger partial charge in [0.2, 0.25) is 0 Å². The van der Waals surface area contributed by atoms with Crippen molar-refractivity contribution in [1.82, 2.24) is 4.90 Å². The Balaban J connectivity index is 3.27. The van der Waals surface area contributed by atoms with Gasteiger partial charge in [0.25, 0.3) is 5.91 Å². The van der Waals surface area contributed by atoms with Crippen LogP contribution in [-0.2, 0) is 0 Å². The fourth-order valence-corrected chi connectivity index (χ4v) is 1.71. The Morgan fingerprint density at radius 3 is 2.47 bits per heavy atom. The van der Waals surface area contributed by atoms with Gasteiger partial charge >= 0.3 is 0 Å². The number of ether oxygens (including phenoxy) is 1. The Labute approximate surface area is 101 Å². The molecule has 0 aliphatic carbocycles. The number of hydrogen-bond donors (Lipinski definition) is 0. The summed E-state index contributed by atoms with van der Waals surface area (Å²) >= 11 is 0. The van der Waals surface area contributed by atoms with E-state index in [0.29, 0.717) is 36.3 Å². The minimum absolute atomic E-state index is 0.172. The fraction of sp³-hybridized carbons (Fsp3) is 0.385. The van der Waals surface area contributed by atoms with E-state index in [2.05, 4.69) is 0 Å². The molecular formula is C13H17NO3. The molecule has 0 fully saturated rings. The van der Waals surface area contributed by atoms with E-state index in [1.165, 1.54) is 7.11 Å². The van der Waals surface area contributed by atoms with Crippen molar-refractivity contribution in [2.75, 3.05) is 20.2 Å². The van der Waals surface area contributed by atoms with E-state index in [1.807, 2.05) is 13.8 Å². The zero-order valence-corrected chi connectivity index (χ0v) is 10.4. The summed E-state index contributed by atoms with van der Waals surface area (Å²) < 4.78 is 5.14. The van der Waals surface area contributed by atoms with Crippen LogP contribution in [0.1, 0.15) is 34.6 Å². The molecule has 1 aromatic carbocycles. The summed E-state index contributed by atoms with van der Waals surface area (Å²) in [5, 5.41) is 0. The van der Waals surface area contributed by atoms with E-state index >= 15 is 0 Å².